The van der Waals surface area contributed by atoms with E-state index in [1.54, 1.807) is 30.3 Å². The Kier molecular flexibility index (Phi) is 7.00. The topological polar surface area (TPSA) is 104 Å². The molecular formula is C22H25N3O5. The van der Waals surface area contributed by atoms with Crippen molar-refractivity contribution in [2.45, 2.75) is 25.7 Å². The lowest BCUT2D eigenvalue weighted by atomic mass is 10.0. The number of likely N-dealkylation sites (tertiary alicyclic amines) is 2. The highest BCUT2D eigenvalue weighted by Gasteiger charge is 2.25. The van der Waals surface area contributed by atoms with E-state index in [4.69, 9.17) is 0 Å². The second-order valence-corrected chi connectivity index (χ2v) is 7.30. The van der Waals surface area contributed by atoms with Crippen molar-refractivity contribution in [3.05, 3.63) is 69.8 Å². The number of carbonyl (C=O) groups is 2. The van der Waals surface area contributed by atoms with Crippen LogP contribution in [-0.2, 0) is 0 Å². The molecule has 0 bridgehead atoms. The van der Waals surface area contributed by atoms with Gasteiger partial charge in [-0.2, -0.15) is 0 Å². The summed E-state index contributed by atoms with van der Waals surface area (Å²) < 4.78 is 0. The number of hydrogen-bond donors (Lipinski definition) is 1. The van der Waals surface area contributed by atoms with E-state index in [0.29, 0.717) is 5.56 Å². The fourth-order valence-electron chi connectivity index (χ4n) is 3.62. The van der Waals surface area contributed by atoms with Crippen LogP contribution in [0.15, 0.2) is 48.5 Å². The van der Waals surface area contributed by atoms with Gasteiger partial charge in [-0.05, 0) is 31.7 Å². The molecule has 8 nitrogen and oxygen atoms in total. The molecule has 2 aromatic rings. The molecule has 2 saturated heterocycles. The maximum Gasteiger partial charge on any atom is 0.319 e. The van der Waals surface area contributed by atoms with E-state index in [0.717, 1.165) is 32.2 Å². The van der Waals surface area contributed by atoms with Crippen molar-refractivity contribution < 1.29 is 19.6 Å². The lowest BCUT2D eigenvalue weighted by molar-refractivity contribution is -0.385. The zero-order valence-corrected chi connectivity index (χ0v) is 16.7. The van der Waals surface area contributed by atoms with Gasteiger partial charge in [-0.15, -0.1) is 0 Å². The van der Waals surface area contributed by atoms with Crippen molar-refractivity contribution >= 4 is 17.5 Å². The molecule has 2 aliphatic rings. The van der Waals surface area contributed by atoms with E-state index in [-0.39, 0.29) is 11.6 Å². The molecule has 158 valence electrons. The molecule has 0 radical (unpaired) electrons. The Morgan fingerprint density at radius 2 is 1.37 bits per heavy atom. The summed E-state index contributed by atoms with van der Waals surface area (Å²) >= 11 is 0. The minimum absolute atomic E-state index is 0.0737. The Labute approximate surface area is 174 Å². The average molecular weight is 411 g/mol. The molecule has 4 rings (SSSR count). The summed E-state index contributed by atoms with van der Waals surface area (Å²) in [6.07, 6.45) is 4.78. The smallest absolute Gasteiger partial charge is 0.319 e. The van der Waals surface area contributed by atoms with Gasteiger partial charge in [0.25, 0.3) is 0 Å². The summed E-state index contributed by atoms with van der Waals surface area (Å²) in [5.41, 5.74) is -0.180. The Hall–Kier alpha value is -3.42. The van der Waals surface area contributed by atoms with Gasteiger partial charge in [0.2, 0.25) is 5.75 Å². The third kappa shape index (κ3) is 4.94. The number of benzene rings is 2. The molecular weight excluding hydrogens is 386 g/mol. The highest BCUT2D eigenvalue weighted by atomic mass is 16.6. The average Bonchev–Trinajstić information content (AvgIpc) is 3.48. The van der Waals surface area contributed by atoms with Crippen LogP contribution >= 0.6 is 0 Å². The fourth-order valence-corrected chi connectivity index (χ4v) is 3.62. The molecule has 2 aliphatic heterocycles. The van der Waals surface area contributed by atoms with E-state index >= 15 is 0 Å². The Bertz CT molecular complexity index is 886. The quantitative estimate of drug-likeness (QED) is 0.470. The first kappa shape index (κ1) is 21.3. The first-order valence-electron chi connectivity index (χ1n) is 10.1. The maximum atomic E-state index is 12.1. The normalized spacial score (nSPS) is 15.5. The number of carbonyl (C=O) groups excluding carboxylic acids is 2. The van der Waals surface area contributed by atoms with E-state index < -0.39 is 22.1 Å². The van der Waals surface area contributed by atoms with Crippen LogP contribution in [0.5, 0.6) is 5.75 Å². The molecule has 8 heteroatoms. The number of phenols is 1. The van der Waals surface area contributed by atoms with E-state index in [2.05, 4.69) is 0 Å². The zero-order chi connectivity index (χ0) is 21.5. The van der Waals surface area contributed by atoms with E-state index in [1.165, 1.54) is 37.8 Å². The summed E-state index contributed by atoms with van der Waals surface area (Å²) in [5.74, 6) is -1.05. The van der Waals surface area contributed by atoms with Crippen LogP contribution in [-0.4, -0.2) is 57.8 Å². The number of ketones is 1. The van der Waals surface area contributed by atoms with Crippen molar-refractivity contribution in [2.75, 3.05) is 26.2 Å². The molecule has 2 heterocycles. The first-order valence-corrected chi connectivity index (χ1v) is 10.1. The highest BCUT2D eigenvalue weighted by Crippen LogP contribution is 2.30. The van der Waals surface area contributed by atoms with Gasteiger partial charge >= 0.3 is 11.7 Å². The van der Waals surface area contributed by atoms with Gasteiger partial charge in [-0.1, -0.05) is 36.4 Å². The second-order valence-electron chi connectivity index (χ2n) is 7.30. The largest absolute Gasteiger partial charge is 0.502 e. The SMILES string of the molecule is O=C(N1CCCC1)N1CCCC1.O=C(c1ccccc1)c1cccc([N+](=O)[O-])c1O. The van der Waals surface area contributed by atoms with Gasteiger partial charge in [0, 0.05) is 37.8 Å². The molecule has 0 aromatic heterocycles. The predicted octanol–water partition coefficient (Wildman–Crippen LogP) is 3.83. The Morgan fingerprint density at radius 1 is 0.833 bits per heavy atom. The number of nitro benzene ring substituents is 1. The lowest BCUT2D eigenvalue weighted by Gasteiger charge is -2.23. The first-order chi connectivity index (χ1) is 14.5. The summed E-state index contributed by atoms with van der Waals surface area (Å²) in [5, 5.41) is 20.4. The molecule has 2 fully saturated rings. The van der Waals surface area contributed by atoms with E-state index in [1.807, 2.05) is 9.80 Å². The third-order valence-electron chi connectivity index (χ3n) is 5.25. The number of para-hydroxylation sites is 1. The number of rotatable bonds is 3. The number of nitro groups is 1. The van der Waals surface area contributed by atoms with Gasteiger partial charge in [-0.25, -0.2) is 4.79 Å². The van der Waals surface area contributed by atoms with Crippen LogP contribution in [0.1, 0.15) is 41.6 Å². The predicted molar refractivity (Wildman–Crippen MR) is 112 cm³/mol. The molecule has 2 aromatic carbocycles. The van der Waals surface area contributed by atoms with Crippen LogP contribution in [0.4, 0.5) is 10.5 Å². The third-order valence-corrected chi connectivity index (χ3v) is 5.25. The number of aromatic hydroxyl groups is 1. The molecule has 2 amide bonds. The van der Waals surface area contributed by atoms with Gasteiger partial charge in [0.1, 0.15) is 0 Å². The van der Waals surface area contributed by atoms with Crippen LogP contribution in [0.25, 0.3) is 0 Å². The minimum atomic E-state index is -0.725. The molecule has 0 saturated carbocycles. The fraction of sp³-hybridized carbons (Fsp3) is 0.364. The van der Waals surface area contributed by atoms with Crippen molar-refractivity contribution in [1.82, 2.24) is 9.80 Å². The second kappa shape index (κ2) is 9.87. The Morgan fingerprint density at radius 3 is 1.87 bits per heavy atom. The van der Waals surface area contributed by atoms with Crippen LogP contribution in [0.3, 0.4) is 0 Å². The van der Waals surface area contributed by atoms with Crippen LogP contribution in [0, 0.1) is 10.1 Å². The summed E-state index contributed by atoms with van der Waals surface area (Å²) in [6.45, 7) is 3.93. The molecule has 30 heavy (non-hydrogen) atoms. The Balaban J connectivity index is 0.000000184. The summed E-state index contributed by atoms with van der Waals surface area (Å²) in [7, 11) is 0. The number of nitrogens with zero attached hydrogens (tertiary/aromatic N) is 3. The monoisotopic (exact) mass is 411 g/mol. The number of phenolic OH excluding ortho intramolecular Hbond substituents is 1. The lowest BCUT2D eigenvalue weighted by Crippen LogP contribution is -2.39. The van der Waals surface area contributed by atoms with Crippen molar-refractivity contribution in [3.8, 4) is 5.75 Å². The standard InChI is InChI=1S/C13H9NO4.C9H16N2O/c15-12(9-5-2-1-3-6-9)10-7-4-8-11(13(10)16)14(17)18;12-9(10-5-1-2-6-10)11-7-3-4-8-11/h1-8,16H;1-8H2. The van der Waals surface area contributed by atoms with Crippen molar-refractivity contribution in [3.63, 3.8) is 0 Å². The minimum Gasteiger partial charge on any atom is -0.502 e. The van der Waals surface area contributed by atoms with Gasteiger partial charge in [0.05, 0.1) is 10.5 Å². The summed E-state index contributed by atoms with van der Waals surface area (Å²) in [4.78, 5) is 37.7. The molecule has 0 atom stereocenters. The van der Waals surface area contributed by atoms with Crippen molar-refractivity contribution in [2.24, 2.45) is 0 Å². The number of hydrogen-bond acceptors (Lipinski definition) is 5. The van der Waals surface area contributed by atoms with Gasteiger partial charge < -0.3 is 14.9 Å². The number of amides is 2. The number of urea groups is 1. The maximum absolute atomic E-state index is 12.1. The van der Waals surface area contributed by atoms with Crippen LogP contribution in [0.2, 0.25) is 0 Å². The van der Waals surface area contributed by atoms with Gasteiger partial charge in [-0.3, -0.25) is 14.9 Å². The summed E-state index contributed by atoms with van der Waals surface area (Å²) in [6, 6.07) is 12.4. The molecule has 0 spiro atoms. The zero-order valence-electron chi connectivity index (χ0n) is 16.7. The van der Waals surface area contributed by atoms with E-state index in [9.17, 15) is 24.8 Å². The van der Waals surface area contributed by atoms with Gasteiger partial charge in [0.15, 0.2) is 5.78 Å². The van der Waals surface area contributed by atoms with Crippen LogP contribution < -0.4 is 0 Å². The van der Waals surface area contributed by atoms with Crippen molar-refractivity contribution in [1.29, 1.82) is 0 Å². The highest BCUT2D eigenvalue weighted by molar-refractivity contribution is 6.11. The molecule has 0 aliphatic carbocycles. The molecule has 0 unspecified atom stereocenters. The molecule has 1 N–H and O–H groups in total.